The molecule has 0 unspecified atom stereocenters. The van der Waals surface area contributed by atoms with Gasteiger partial charge in [-0.3, -0.25) is 4.79 Å². The van der Waals surface area contributed by atoms with Crippen LogP contribution in [0.4, 0.5) is 0 Å². The van der Waals surface area contributed by atoms with E-state index >= 15 is 0 Å². The number of hydrogen-bond donors (Lipinski definition) is 1. The van der Waals surface area contributed by atoms with E-state index in [0.29, 0.717) is 29.4 Å². The molecule has 0 atom stereocenters. The van der Waals surface area contributed by atoms with Crippen LogP contribution in [0.25, 0.3) is 0 Å². The predicted molar refractivity (Wildman–Crippen MR) is 112 cm³/mol. The molecule has 3 rings (SSSR count). The smallest absolute Gasteiger partial charge is 0.271 e. The molecule has 0 saturated carbocycles. The van der Waals surface area contributed by atoms with Crippen LogP contribution in [-0.4, -0.2) is 26.3 Å². The lowest BCUT2D eigenvalue weighted by Gasteiger charge is -2.11. The number of carbonyl (C=O) groups is 1. The van der Waals surface area contributed by atoms with E-state index in [4.69, 9.17) is 14.2 Å². The number of hydrogen-bond acceptors (Lipinski definition) is 5. The summed E-state index contributed by atoms with van der Waals surface area (Å²) >= 11 is 0. The van der Waals surface area contributed by atoms with Crippen LogP contribution in [0.5, 0.6) is 17.2 Å². The molecule has 6 heteroatoms. The van der Waals surface area contributed by atoms with Gasteiger partial charge in [-0.15, -0.1) is 0 Å². The SMILES string of the molecule is COc1cccc(C(=O)N/N=C/c2ccc(OCc3ccccc3)c(OC)c2)c1. The molecule has 0 aliphatic rings. The zero-order valence-corrected chi connectivity index (χ0v) is 16.3. The molecule has 0 fully saturated rings. The number of nitrogens with zero attached hydrogens (tertiary/aromatic N) is 1. The molecule has 0 aromatic heterocycles. The monoisotopic (exact) mass is 390 g/mol. The largest absolute Gasteiger partial charge is 0.497 e. The van der Waals surface area contributed by atoms with Crippen molar-refractivity contribution in [3.63, 3.8) is 0 Å². The van der Waals surface area contributed by atoms with Crippen molar-refractivity contribution < 1.29 is 19.0 Å². The first-order chi connectivity index (χ1) is 14.2. The summed E-state index contributed by atoms with van der Waals surface area (Å²) < 4.78 is 16.4. The second-order valence-electron chi connectivity index (χ2n) is 6.12. The molecule has 0 aliphatic heterocycles. The van der Waals surface area contributed by atoms with Gasteiger partial charge in [-0.2, -0.15) is 5.10 Å². The lowest BCUT2D eigenvalue weighted by molar-refractivity contribution is 0.0955. The number of carbonyl (C=O) groups excluding carboxylic acids is 1. The second-order valence-corrected chi connectivity index (χ2v) is 6.12. The number of benzene rings is 3. The molecule has 6 nitrogen and oxygen atoms in total. The highest BCUT2D eigenvalue weighted by molar-refractivity contribution is 5.95. The van der Waals surface area contributed by atoms with Crippen LogP contribution < -0.4 is 19.6 Å². The number of ether oxygens (including phenoxy) is 3. The number of rotatable bonds is 8. The highest BCUT2D eigenvalue weighted by Crippen LogP contribution is 2.28. The minimum atomic E-state index is -0.324. The molecule has 29 heavy (non-hydrogen) atoms. The van der Waals surface area contributed by atoms with Gasteiger partial charge >= 0.3 is 0 Å². The fraction of sp³-hybridized carbons (Fsp3) is 0.130. The number of nitrogens with one attached hydrogen (secondary N) is 1. The van der Waals surface area contributed by atoms with Gasteiger partial charge in [0, 0.05) is 5.56 Å². The molecular formula is C23H22N2O4. The zero-order valence-electron chi connectivity index (χ0n) is 16.3. The van der Waals surface area contributed by atoms with Crippen molar-refractivity contribution in [2.45, 2.75) is 6.61 Å². The topological polar surface area (TPSA) is 69.2 Å². The van der Waals surface area contributed by atoms with Gasteiger partial charge in [-0.1, -0.05) is 36.4 Å². The van der Waals surface area contributed by atoms with E-state index in [1.165, 1.54) is 0 Å². The van der Waals surface area contributed by atoms with Crippen molar-refractivity contribution >= 4 is 12.1 Å². The highest BCUT2D eigenvalue weighted by Gasteiger charge is 2.07. The summed E-state index contributed by atoms with van der Waals surface area (Å²) in [5.41, 5.74) is 4.80. The minimum absolute atomic E-state index is 0.324. The maximum absolute atomic E-state index is 12.2. The Morgan fingerprint density at radius 2 is 1.76 bits per heavy atom. The average molecular weight is 390 g/mol. The van der Waals surface area contributed by atoms with E-state index in [9.17, 15) is 4.79 Å². The van der Waals surface area contributed by atoms with Crippen LogP contribution in [0.1, 0.15) is 21.5 Å². The van der Waals surface area contributed by atoms with Crippen molar-refractivity contribution in [3.8, 4) is 17.2 Å². The molecule has 0 bridgehead atoms. The maximum Gasteiger partial charge on any atom is 0.271 e. The van der Waals surface area contributed by atoms with Crippen molar-refractivity contribution in [1.82, 2.24) is 5.43 Å². The third-order valence-corrected chi connectivity index (χ3v) is 4.14. The Morgan fingerprint density at radius 1 is 0.931 bits per heavy atom. The van der Waals surface area contributed by atoms with E-state index in [2.05, 4.69) is 10.5 Å². The summed E-state index contributed by atoms with van der Waals surface area (Å²) in [6.07, 6.45) is 1.54. The fourth-order valence-corrected chi connectivity index (χ4v) is 2.61. The molecule has 3 aromatic carbocycles. The normalized spacial score (nSPS) is 10.6. The van der Waals surface area contributed by atoms with Crippen LogP contribution in [0.3, 0.4) is 0 Å². The van der Waals surface area contributed by atoms with Gasteiger partial charge in [0.2, 0.25) is 0 Å². The fourth-order valence-electron chi connectivity index (χ4n) is 2.61. The quantitative estimate of drug-likeness (QED) is 0.465. The summed E-state index contributed by atoms with van der Waals surface area (Å²) in [5.74, 6) is 1.50. The summed E-state index contributed by atoms with van der Waals surface area (Å²) in [5, 5.41) is 4.01. The Kier molecular flexibility index (Phi) is 6.84. The van der Waals surface area contributed by atoms with Crippen molar-refractivity contribution in [3.05, 3.63) is 89.5 Å². The van der Waals surface area contributed by atoms with Gasteiger partial charge in [-0.25, -0.2) is 5.43 Å². The summed E-state index contributed by atoms with van der Waals surface area (Å²) in [6, 6.07) is 22.2. The van der Waals surface area contributed by atoms with E-state index in [1.807, 2.05) is 42.5 Å². The molecule has 1 N–H and O–H groups in total. The number of hydrazone groups is 1. The summed E-state index contributed by atoms with van der Waals surface area (Å²) in [7, 11) is 3.13. The van der Waals surface area contributed by atoms with Gasteiger partial charge in [-0.05, 0) is 47.5 Å². The van der Waals surface area contributed by atoms with Crippen LogP contribution in [0.2, 0.25) is 0 Å². The van der Waals surface area contributed by atoms with Crippen LogP contribution in [-0.2, 0) is 6.61 Å². The van der Waals surface area contributed by atoms with Gasteiger partial charge in [0.1, 0.15) is 12.4 Å². The molecule has 0 aliphatic carbocycles. The molecule has 0 radical (unpaired) electrons. The summed E-state index contributed by atoms with van der Waals surface area (Å²) in [6.45, 7) is 0.446. The molecule has 3 aromatic rings. The first kappa shape index (κ1) is 19.9. The maximum atomic E-state index is 12.2. The number of methoxy groups -OCH3 is 2. The first-order valence-corrected chi connectivity index (χ1v) is 9.02. The van der Waals surface area contributed by atoms with Gasteiger partial charge in [0.05, 0.1) is 20.4 Å². The van der Waals surface area contributed by atoms with Crippen molar-refractivity contribution in [2.24, 2.45) is 5.10 Å². The minimum Gasteiger partial charge on any atom is -0.497 e. The number of amides is 1. The Hall–Kier alpha value is -3.80. The van der Waals surface area contributed by atoms with E-state index in [-0.39, 0.29) is 5.91 Å². The standard InChI is InChI=1S/C23H22N2O4/c1-27-20-10-6-9-19(14-20)23(26)25-24-15-18-11-12-21(22(13-18)28-2)29-16-17-7-4-3-5-8-17/h3-15H,16H2,1-2H3,(H,25,26)/b24-15+. The van der Waals surface area contributed by atoms with E-state index in [0.717, 1.165) is 11.1 Å². The van der Waals surface area contributed by atoms with Gasteiger partial charge in [0.15, 0.2) is 11.5 Å². The average Bonchev–Trinajstić information content (AvgIpc) is 2.78. The molecule has 0 spiro atoms. The Morgan fingerprint density at radius 3 is 2.52 bits per heavy atom. The lowest BCUT2D eigenvalue weighted by Crippen LogP contribution is -2.17. The molecule has 0 saturated heterocycles. The third-order valence-electron chi connectivity index (χ3n) is 4.14. The van der Waals surface area contributed by atoms with Gasteiger partial charge in [0.25, 0.3) is 5.91 Å². The molecule has 1 amide bonds. The van der Waals surface area contributed by atoms with Crippen LogP contribution >= 0.6 is 0 Å². The lowest BCUT2D eigenvalue weighted by atomic mass is 10.2. The second kappa shape index (κ2) is 9.94. The predicted octanol–water partition coefficient (Wildman–Crippen LogP) is 4.05. The Balaban J connectivity index is 1.62. The Bertz CT molecular complexity index is 987. The van der Waals surface area contributed by atoms with E-state index < -0.39 is 0 Å². The van der Waals surface area contributed by atoms with Crippen molar-refractivity contribution in [2.75, 3.05) is 14.2 Å². The molecule has 0 heterocycles. The van der Waals surface area contributed by atoms with Crippen LogP contribution in [0.15, 0.2) is 77.9 Å². The zero-order chi connectivity index (χ0) is 20.5. The Labute approximate surface area is 169 Å². The molecule has 148 valence electrons. The first-order valence-electron chi connectivity index (χ1n) is 9.02. The van der Waals surface area contributed by atoms with E-state index in [1.54, 1.807) is 50.8 Å². The van der Waals surface area contributed by atoms with Crippen LogP contribution in [0, 0.1) is 0 Å². The van der Waals surface area contributed by atoms with Crippen molar-refractivity contribution in [1.29, 1.82) is 0 Å². The molecular weight excluding hydrogens is 368 g/mol. The summed E-state index contributed by atoms with van der Waals surface area (Å²) in [4.78, 5) is 12.2. The third kappa shape index (κ3) is 5.59. The highest BCUT2D eigenvalue weighted by atomic mass is 16.5. The van der Waals surface area contributed by atoms with Gasteiger partial charge < -0.3 is 14.2 Å².